The molecule has 27 heavy (non-hydrogen) atoms. The lowest BCUT2D eigenvalue weighted by atomic mass is 10.2. The molecular formula is C18H20N4O5. The van der Waals surface area contributed by atoms with E-state index < -0.39 is 23.3 Å². The molecule has 0 saturated carbocycles. The monoisotopic (exact) mass is 372 g/mol. The molecule has 9 nitrogen and oxygen atoms in total. The first-order chi connectivity index (χ1) is 12.8. The molecule has 0 bridgehead atoms. The van der Waals surface area contributed by atoms with Crippen molar-refractivity contribution in [2.75, 3.05) is 25.5 Å². The molecule has 0 atom stereocenters. The molecule has 0 saturated heterocycles. The number of amides is 2. The summed E-state index contributed by atoms with van der Waals surface area (Å²) >= 11 is 0. The molecule has 1 aromatic heterocycles. The molecule has 0 aliphatic carbocycles. The lowest BCUT2D eigenvalue weighted by molar-refractivity contribution is -0.390. The number of aryl methyl sites for hydroxylation is 2. The summed E-state index contributed by atoms with van der Waals surface area (Å²) in [6, 6.07) is 10.2. The van der Waals surface area contributed by atoms with Gasteiger partial charge in [0.2, 0.25) is 11.7 Å². The first kappa shape index (κ1) is 19.8. The summed E-state index contributed by atoms with van der Waals surface area (Å²) in [6.07, 6.45) is 0. The molecular weight excluding hydrogens is 352 g/mol. The number of hydrogen-bond donors (Lipinski definition) is 1. The molecule has 2 amide bonds. The second-order valence-corrected chi connectivity index (χ2v) is 5.98. The van der Waals surface area contributed by atoms with Crippen molar-refractivity contribution in [3.63, 3.8) is 0 Å². The van der Waals surface area contributed by atoms with Crippen LogP contribution in [0.4, 0.5) is 11.5 Å². The Morgan fingerprint density at radius 3 is 2.48 bits per heavy atom. The highest BCUT2D eigenvalue weighted by atomic mass is 16.6. The molecule has 0 spiro atoms. The third kappa shape index (κ3) is 5.77. The summed E-state index contributed by atoms with van der Waals surface area (Å²) in [7, 11) is 1.45. The summed E-state index contributed by atoms with van der Waals surface area (Å²) in [4.78, 5) is 39.4. The number of nitrogens with one attached hydrogen (secondary N) is 1. The second kappa shape index (κ2) is 8.75. The Labute approximate surface area is 156 Å². The van der Waals surface area contributed by atoms with Crippen molar-refractivity contribution >= 4 is 23.3 Å². The smallest absolute Gasteiger partial charge is 0.406 e. The zero-order chi connectivity index (χ0) is 20.0. The summed E-state index contributed by atoms with van der Waals surface area (Å²) in [6.45, 7) is 2.93. The summed E-state index contributed by atoms with van der Waals surface area (Å²) in [5.41, 5.74) is 2.16. The lowest BCUT2D eigenvalue weighted by Crippen LogP contribution is -2.37. The van der Waals surface area contributed by atoms with Gasteiger partial charge in [0.25, 0.3) is 5.91 Å². The van der Waals surface area contributed by atoms with Gasteiger partial charge in [-0.15, -0.1) is 0 Å². The van der Waals surface area contributed by atoms with Gasteiger partial charge in [-0.2, -0.15) is 0 Å². The molecule has 142 valence electrons. The highest BCUT2D eigenvalue weighted by Gasteiger charge is 2.20. The van der Waals surface area contributed by atoms with Crippen LogP contribution in [-0.2, 0) is 9.59 Å². The van der Waals surface area contributed by atoms with Gasteiger partial charge in [-0.05, 0) is 41.1 Å². The zero-order valence-corrected chi connectivity index (χ0v) is 15.3. The number of carbonyl (C=O) groups is 2. The lowest BCUT2D eigenvalue weighted by Gasteiger charge is -2.17. The van der Waals surface area contributed by atoms with Gasteiger partial charge in [0.15, 0.2) is 6.61 Å². The van der Waals surface area contributed by atoms with Gasteiger partial charge < -0.3 is 25.1 Å². The average Bonchev–Trinajstić information content (AvgIpc) is 2.62. The van der Waals surface area contributed by atoms with E-state index in [2.05, 4.69) is 10.3 Å². The number of aromatic nitrogens is 1. The van der Waals surface area contributed by atoms with E-state index in [0.717, 1.165) is 5.56 Å². The van der Waals surface area contributed by atoms with Gasteiger partial charge in [0, 0.05) is 19.7 Å². The SMILES string of the molecule is Cc1ccc(NC(=O)CN(C)C(=O)COc2ccc(C)nc2[N+](=O)[O-])cc1. The standard InChI is InChI=1S/C18H20N4O5/c1-12-4-7-14(8-5-12)20-16(23)10-21(3)17(24)11-27-15-9-6-13(2)19-18(15)22(25)26/h4-9H,10-11H2,1-3H3,(H,20,23). The van der Waals surface area contributed by atoms with Crippen LogP contribution in [0.2, 0.25) is 0 Å². The van der Waals surface area contributed by atoms with Crippen LogP contribution < -0.4 is 10.1 Å². The minimum Gasteiger partial charge on any atom is -0.476 e. The fourth-order valence-electron chi connectivity index (χ4n) is 2.16. The van der Waals surface area contributed by atoms with Crippen molar-refractivity contribution in [1.29, 1.82) is 0 Å². The maximum Gasteiger partial charge on any atom is 0.406 e. The van der Waals surface area contributed by atoms with E-state index in [9.17, 15) is 19.7 Å². The molecule has 1 aromatic carbocycles. The van der Waals surface area contributed by atoms with Crippen molar-refractivity contribution in [2.45, 2.75) is 13.8 Å². The van der Waals surface area contributed by atoms with E-state index in [1.54, 1.807) is 25.1 Å². The minimum atomic E-state index is -0.675. The number of benzene rings is 1. The number of hydrogen-bond acceptors (Lipinski definition) is 6. The highest BCUT2D eigenvalue weighted by Crippen LogP contribution is 2.24. The van der Waals surface area contributed by atoms with E-state index in [1.165, 1.54) is 18.0 Å². The molecule has 1 N–H and O–H groups in total. The summed E-state index contributed by atoms with van der Waals surface area (Å²) in [5, 5.41) is 13.7. The van der Waals surface area contributed by atoms with Gasteiger partial charge in [-0.1, -0.05) is 17.7 Å². The first-order valence-electron chi connectivity index (χ1n) is 8.11. The van der Waals surface area contributed by atoms with E-state index in [0.29, 0.717) is 11.4 Å². The van der Waals surface area contributed by atoms with Crippen LogP contribution >= 0.6 is 0 Å². The molecule has 2 rings (SSSR count). The molecule has 0 unspecified atom stereocenters. The molecule has 0 radical (unpaired) electrons. The van der Waals surface area contributed by atoms with Gasteiger partial charge in [0.1, 0.15) is 5.69 Å². The Balaban J connectivity index is 1.89. The van der Waals surface area contributed by atoms with E-state index in [1.807, 2.05) is 19.1 Å². The molecule has 9 heteroatoms. The van der Waals surface area contributed by atoms with Gasteiger partial charge >= 0.3 is 5.82 Å². The van der Waals surface area contributed by atoms with Crippen molar-refractivity contribution in [2.24, 2.45) is 0 Å². The Morgan fingerprint density at radius 2 is 1.85 bits per heavy atom. The fraction of sp³-hybridized carbons (Fsp3) is 0.278. The van der Waals surface area contributed by atoms with Gasteiger partial charge in [-0.25, -0.2) is 0 Å². The average molecular weight is 372 g/mol. The number of pyridine rings is 1. The van der Waals surface area contributed by atoms with Crippen molar-refractivity contribution < 1.29 is 19.2 Å². The normalized spacial score (nSPS) is 10.2. The number of ether oxygens (including phenoxy) is 1. The predicted octanol–water partition coefficient (Wildman–Crippen LogP) is 2.08. The van der Waals surface area contributed by atoms with Crippen LogP contribution in [0.15, 0.2) is 36.4 Å². The van der Waals surface area contributed by atoms with Crippen LogP contribution in [0.25, 0.3) is 0 Å². The molecule has 1 heterocycles. The van der Waals surface area contributed by atoms with Gasteiger partial charge in [-0.3, -0.25) is 9.59 Å². The zero-order valence-electron chi connectivity index (χ0n) is 15.3. The van der Waals surface area contributed by atoms with E-state index in [4.69, 9.17) is 4.74 Å². The molecule has 2 aromatic rings. The van der Waals surface area contributed by atoms with Gasteiger partial charge in [0.05, 0.1) is 6.54 Å². The van der Waals surface area contributed by atoms with Crippen molar-refractivity contribution in [3.05, 3.63) is 57.8 Å². The predicted molar refractivity (Wildman–Crippen MR) is 98.6 cm³/mol. The van der Waals surface area contributed by atoms with Crippen LogP contribution in [0, 0.1) is 24.0 Å². The largest absolute Gasteiger partial charge is 0.476 e. The highest BCUT2D eigenvalue weighted by molar-refractivity contribution is 5.94. The number of carbonyl (C=O) groups excluding carboxylic acids is 2. The van der Waals surface area contributed by atoms with E-state index in [-0.39, 0.29) is 18.2 Å². The van der Waals surface area contributed by atoms with Crippen LogP contribution in [-0.4, -0.2) is 46.8 Å². The molecule has 0 aliphatic rings. The topological polar surface area (TPSA) is 115 Å². The van der Waals surface area contributed by atoms with E-state index >= 15 is 0 Å². The third-order valence-corrected chi connectivity index (χ3v) is 3.64. The van der Waals surface area contributed by atoms with Crippen LogP contribution in [0.5, 0.6) is 5.75 Å². The Bertz CT molecular complexity index is 851. The fourth-order valence-corrected chi connectivity index (χ4v) is 2.16. The number of nitro groups is 1. The maximum atomic E-state index is 12.1. The number of anilines is 1. The Morgan fingerprint density at radius 1 is 1.19 bits per heavy atom. The van der Waals surface area contributed by atoms with Crippen molar-refractivity contribution in [3.8, 4) is 5.75 Å². The Hall–Kier alpha value is -3.49. The number of nitrogens with zero attached hydrogens (tertiary/aromatic N) is 3. The quantitative estimate of drug-likeness (QED) is 0.588. The van der Waals surface area contributed by atoms with Crippen LogP contribution in [0.3, 0.4) is 0 Å². The number of rotatable bonds is 7. The number of likely N-dealkylation sites (N-methyl/N-ethyl adjacent to an activating group) is 1. The third-order valence-electron chi connectivity index (χ3n) is 3.64. The minimum absolute atomic E-state index is 0.101. The molecule has 0 fully saturated rings. The Kier molecular flexibility index (Phi) is 6.42. The molecule has 0 aliphatic heterocycles. The summed E-state index contributed by atoms with van der Waals surface area (Å²) < 4.78 is 5.22. The second-order valence-electron chi connectivity index (χ2n) is 5.98. The van der Waals surface area contributed by atoms with Crippen molar-refractivity contribution in [1.82, 2.24) is 9.88 Å². The maximum absolute atomic E-state index is 12.1. The summed E-state index contributed by atoms with van der Waals surface area (Å²) in [5.74, 6) is -1.42. The van der Waals surface area contributed by atoms with Crippen LogP contribution in [0.1, 0.15) is 11.3 Å². The first-order valence-corrected chi connectivity index (χ1v) is 8.11.